The Morgan fingerprint density at radius 3 is 2.35 bits per heavy atom. The highest BCUT2D eigenvalue weighted by Gasteiger charge is 2.23. The van der Waals surface area contributed by atoms with Crippen LogP contribution in [0.5, 0.6) is 0 Å². The van der Waals surface area contributed by atoms with Crippen molar-refractivity contribution in [1.82, 2.24) is 5.32 Å². The molecule has 2 rings (SSSR count). The first-order valence-electron chi connectivity index (χ1n) is 8.28. The van der Waals surface area contributed by atoms with E-state index in [2.05, 4.69) is 5.32 Å². The second-order valence-electron chi connectivity index (χ2n) is 6.49. The molecule has 2 aromatic carbocycles. The average Bonchev–Trinajstić information content (AvgIpc) is 2.60. The van der Waals surface area contributed by atoms with Gasteiger partial charge >= 0.3 is 0 Å². The number of halogens is 1. The summed E-state index contributed by atoms with van der Waals surface area (Å²) in [5.74, 6) is -0.0199. The van der Waals surface area contributed by atoms with Crippen LogP contribution in [0.3, 0.4) is 0 Å². The summed E-state index contributed by atoms with van der Waals surface area (Å²) < 4.78 is 26.9. The minimum Gasteiger partial charge on any atom is -0.349 e. The second-order valence-corrected chi connectivity index (χ2v) is 8.89. The van der Waals surface area contributed by atoms with Crippen LogP contribution in [0.25, 0.3) is 0 Å². The van der Waals surface area contributed by atoms with Crippen LogP contribution in [0.15, 0.2) is 53.4 Å². The number of nitrogens with zero attached hydrogens (tertiary/aromatic N) is 1. The summed E-state index contributed by atoms with van der Waals surface area (Å²) in [7, 11) is -2.36. The third kappa shape index (κ3) is 4.56. The number of sulfonamides is 1. The van der Waals surface area contributed by atoms with Crippen LogP contribution in [-0.2, 0) is 10.0 Å². The predicted molar refractivity (Wildman–Crippen MR) is 105 cm³/mol. The molecular weight excluding hydrogens is 372 g/mol. The molecular formula is C19H23ClN2O3S. The molecule has 1 unspecified atom stereocenters. The van der Waals surface area contributed by atoms with Gasteiger partial charge in [0, 0.05) is 23.7 Å². The van der Waals surface area contributed by atoms with Crippen molar-refractivity contribution in [3.63, 3.8) is 0 Å². The minimum atomic E-state index is -3.81. The number of benzene rings is 2. The highest BCUT2D eigenvalue weighted by molar-refractivity contribution is 7.92. The van der Waals surface area contributed by atoms with Crippen molar-refractivity contribution < 1.29 is 13.2 Å². The Morgan fingerprint density at radius 1 is 1.08 bits per heavy atom. The number of amides is 1. The van der Waals surface area contributed by atoms with E-state index < -0.39 is 10.0 Å². The zero-order chi connectivity index (χ0) is 19.5. The molecule has 1 N–H and O–H groups in total. The largest absolute Gasteiger partial charge is 0.349 e. The molecule has 140 valence electrons. The van der Waals surface area contributed by atoms with Crippen LogP contribution in [0.2, 0.25) is 5.02 Å². The Bertz CT molecular complexity index is 897. The van der Waals surface area contributed by atoms with E-state index in [4.69, 9.17) is 11.6 Å². The lowest BCUT2D eigenvalue weighted by Gasteiger charge is -2.20. The Kier molecular flexibility index (Phi) is 6.31. The van der Waals surface area contributed by atoms with E-state index in [1.54, 1.807) is 36.4 Å². The zero-order valence-electron chi connectivity index (χ0n) is 15.2. The van der Waals surface area contributed by atoms with Crippen molar-refractivity contribution in [3.8, 4) is 0 Å². The van der Waals surface area contributed by atoms with Gasteiger partial charge in [0.05, 0.1) is 10.6 Å². The number of carbonyl (C=O) groups excluding carboxylic acids is 1. The molecule has 0 heterocycles. The van der Waals surface area contributed by atoms with Crippen molar-refractivity contribution in [2.75, 3.05) is 11.4 Å². The molecule has 26 heavy (non-hydrogen) atoms. The molecule has 0 saturated carbocycles. The fourth-order valence-electron chi connectivity index (χ4n) is 2.22. The van der Waals surface area contributed by atoms with Gasteiger partial charge in [-0.1, -0.05) is 37.6 Å². The number of hydrogen-bond acceptors (Lipinski definition) is 3. The molecule has 5 nitrogen and oxygen atoms in total. The van der Waals surface area contributed by atoms with Gasteiger partial charge in [-0.2, -0.15) is 0 Å². The van der Waals surface area contributed by atoms with Crippen LogP contribution in [-0.4, -0.2) is 27.4 Å². The summed E-state index contributed by atoms with van der Waals surface area (Å²) in [6.07, 6.45) is 0. The lowest BCUT2D eigenvalue weighted by molar-refractivity contribution is 0.0930. The maximum absolute atomic E-state index is 12.9. The SMILES string of the molecule is CC(C)C(C)NC(=O)c1cccc(S(=O)(=O)N(C)c2cccc(Cl)c2)c1. The van der Waals surface area contributed by atoms with Gasteiger partial charge in [0.2, 0.25) is 0 Å². The second kappa shape index (κ2) is 8.10. The van der Waals surface area contributed by atoms with Gasteiger partial charge in [0.15, 0.2) is 0 Å². The predicted octanol–water partition coefficient (Wildman–Crippen LogP) is 3.94. The van der Waals surface area contributed by atoms with Gasteiger partial charge in [0.1, 0.15) is 0 Å². The molecule has 1 amide bonds. The lowest BCUT2D eigenvalue weighted by Crippen LogP contribution is -2.36. The average molecular weight is 395 g/mol. The van der Waals surface area contributed by atoms with Crippen LogP contribution in [0.1, 0.15) is 31.1 Å². The summed E-state index contributed by atoms with van der Waals surface area (Å²) in [6, 6.07) is 12.6. The molecule has 0 bridgehead atoms. The first-order chi connectivity index (χ1) is 12.1. The van der Waals surface area contributed by atoms with Crippen LogP contribution in [0.4, 0.5) is 5.69 Å². The monoisotopic (exact) mass is 394 g/mol. The summed E-state index contributed by atoms with van der Waals surface area (Å²) in [5.41, 5.74) is 0.749. The molecule has 0 aliphatic rings. The Balaban J connectivity index is 2.32. The molecule has 0 aliphatic carbocycles. The molecule has 1 atom stereocenters. The maximum Gasteiger partial charge on any atom is 0.264 e. The van der Waals surface area contributed by atoms with Crippen LogP contribution in [0, 0.1) is 5.92 Å². The fourth-order valence-corrected chi connectivity index (χ4v) is 3.64. The molecule has 2 aromatic rings. The Hall–Kier alpha value is -2.05. The van der Waals surface area contributed by atoms with Crippen LogP contribution < -0.4 is 9.62 Å². The number of rotatable bonds is 6. The highest BCUT2D eigenvalue weighted by atomic mass is 35.5. The number of nitrogens with one attached hydrogen (secondary N) is 1. The van der Waals surface area contributed by atoms with Crippen molar-refractivity contribution in [1.29, 1.82) is 0 Å². The van der Waals surface area contributed by atoms with E-state index in [0.717, 1.165) is 4.31 Å². The summed E-state index contributed by atoms with van der Waals surface area (Å²) in [4.78, 5) is 12.4. The topological polar surface area (TPSA) is 66.5 Å². The van der Waals surface area contributed by atoms with Crippen molar-refractivity contribution in [2.24, 2.45) is 5.92 Å². The fraction of sp³-hybridized carbons (Fsp3) is 0.316. The third-order valence-electron chi connectivity index (χ3n) is 4.29. The summed E-state index contributed by atoms with van der Waals surface area (Å²) in [5, 5.41) is 3.32. The van der Waals surface area contributed by atoms with Gasteiger partial charge in [-0.15, -0.1) is 0 Å². The van der Waals surface area contributed by atoms with E-state index in [-0.39, 0.29) is 22.8 Å². The van der Waals surface area contributed by atoms with Crippen molar-refractivity contribution in [2.45, 2.75) is 31.7 Å². The third-order valence-corrected chi connectivity index (χ3v) is 6.30. The molecule has 0 spiro atoms. The van der Waals surface area contributed by atoms with E-state index in [1.165, 1.54) is 19.2 Å². The molecule has 7 heteroatoms. The smallest absolute Gasteiger partial charge is 0.264 e. The normalized spacial score (nSPS) is 12.7. The summed E-state index contributed by atoms with van der Waals surface area (Å²) in [6.45, 7) is 5.92. The Labute approximate surface area is 160 Å². The molecule has 0 radical (unpaired) electrons. The maximum atomic E-state index is 12.9. The van der Waals surface area contributed by atoms with Gasteiger partial charge in [-0.25, -0.2) is 8.42 Å². The van der Waals surface area contributed by atoms with Crippen molar-refractivity contribution >= 4 is 33.2 Å². The summed E-state index contributed by atoms with van der Waals surface area (Å²) >= 11 is 5.95. The van der Waals surface area contributed by atoms with Crippen LogP contribution >= 0.6 is 11.6 Å². The number of carbonyl (C=O) groups is 1. The zero-order valence-corrected chi connectivity index (χ0v) is 16.8. The van der Waals surface area contributed by atoms with Gasteiger partial charge in [-0.05, 0) is 49.2 Å². The van der Waals surface area contributed by atoms with E-state index in [1.807, 2.05) is 20.8 Å². The molecule has 0 saturated heterocycles. The molecule has 0 aliphatic heterocycles. The molecule has 0 aromatic heterocycles. The number of anilines is 1. The quantitative estimate of drug-likeness (QED) is 0.806. The lowest BCUT2D eigenvalue weighted by atomic mass is 10.1. The van der Waals surface area contributed by atoms with Gasteiger partial charge in [-0.3, -0.25) is 9.10 Å². The molecule has 0 fully saturated rings. The van der Waals surface area contributed by atoms with E-state index in [9.17, 15) is 13.2 Å². The first-order valence-corrected chi connectivity index (χ1v) is 10.1. The Morgan fingerprint density at radius 2 is 1.73 bits per heavy atom. The highest BCUT2D eigenvalue weighted by Crippen LogP contribution is 2.25. The minimum absolute atomic E-state index is 0.0168. The van der Waals surface area contributed by atoms with Crippen molar-refractivity contribution in [3.05, 3.63) is 59.1 Å². The van der Waals surface area contributed by atoms with E-state index >= 15 is 0 Å². The van der Waals surface area contributed by atoms with Gasteiger partial charge < -0.3 is 5.32 Å². The van der Waals surface area contributed by atoms with Gasteiger partial charge in [0.25, 0.3) is 15.9 Å². The van der Waals surface area contributed by atoms with E-state index in [0.29, 0.717) is 16.3 Å². The first kappa shape index (κ1) is 20.3. The number of hydrogen-bond donors (Lipinski definition) is 1. The standard InChI is InChI=1S/C19H23ClN2O3S/c1-13(2)14(3)21-19(23)15-7-5-10-18(11-15)26(24,25)22(4)17-9-6-8-16(20)12-17/h5-14H,1-4H3,(H,21,23).